The average molecular weight is 134 g/mol. The van der Waals surface area contributed by atoms with Crippen molar-refractivity contribution < 1.29 is 9.84 Å². The van der Waals surface area contributed by atoms with E-state index in [4.69, 9.17) is 21.4 Å². The molecule has 1 saturated heterocycles. The Morgan fingerprint density at radius 2 is 2.38 bits per heavy atom. The van der Waals surface area contributed by atoms with E-state index in [0.717, 1.165) is 0 Å². The van der Waals surface area contributed by atoms with Crippen LogP contribution in [-0.2, 0) is 4.74 Å². The fourth-order valence-electron chi connectivity index (χ4n) is 0.747. The Hall–Kier alpha value is 0.275. The van der Waals surface area contributed by atoms with Crippen LogP contribution in [0.5, 0.6) is 0 Å². The predicted molar refractivity (Wildman–Crippen MR) is 33.9 cm³/mol. The highest BCUT2D eigenvalue weighted by Gasteiger charge is 2.30. The maximum Gasteiger partial charge on any atom is 0.141 e. The van der Waals surface area contributed by atoms with Crippen LogP contribution in [0.1, 0.15) is 0 Å². The first-order chi connectivity index (χ1) is 3.72. The summed E-state index contributed by atoms with van der Waals surface area (Å²) in [5, 5.41) is 8.70. The van der Waals surface area contributed by atoms with Crippen LogP contribution in [-0.4, -0.2) is 37.0 Å². The first-order valence-corrected chi connectivity index (χ1v) is 3.09. The second-order valence-corrected chi connectivity index (χ2v) is 2.55. The van der Waals surface area contributed by atoms with E-state index in [1.807, 2.05) is 7.85 Å². The first-order valence-electron chi connectivity index (χ1n) is 2.65. The summed E-state index contributed by atoms with van der Waals surface area (Å²) in [6.45, 7) is 0.384. The zero-order chi connectivity index (χ0) is 6.15. The van der Waals surface area contributed by atoms with Crippen molar-refractivity contribution in [2.45, 2.75) is 17.5 Å². The summed E-state index contributed by atoms with van der Waals surface area (Å²) in [4.78, 5) is 0. The number of aliphatic hydroxyl groups is 1. The molecule has 0 spiro atoms. The minimum atomic E-state index is -0.466. The van der Waals surface area contributed by atoms with Crippen LogP contribution in [0, 0.1) is 0 Å². The molecule has 0 radical (unpaired) electrons. The van der Waals surface area contributed by atoms with Gasteiger partial charge >= 0.3 is 0 Å². The molecule has 4 heteroatoms. The average Bonchev–Trinajstić information content (AvgIpc) is 1.98. The van der Waals surface area contributed by atoms with Crippen LogP contribution in [0.4, 0.5) is 0 Å². The lowest BCUT2D eigenvalue weighted by molar-refractivity contribution is 0.117. The summed E-state index contributed by atoms with van der Waals surface area (Å²) in [6, 6.07) is 0.00617. The van der Waals surface area contributed by atoms with Crippen molar-refractivity contribution in [1.82, 2.24) is 0 Å². The minimum absolute atomic E-state index is 0.00617. The largest absolute Gasteiger partial charge is 0.389 e. The normalized spacial score (nSPS) is 47.5. The summed E-state index contributed by atoms with van der Waals surface area (Å²) < 4.78 is 5.00. The SMILES string of the molecule is B[C@@H]1OC[C@@H](O)[C@H]1Cl. The Morgan fingerprint density at radius 3 is 2.50 bits per heavy atom. The van der Waals surface area contributed by atoms with E-state index in [0.29, 0.717) is 6.61 Å². The molecule has 0 saturated carbocycles. The second-order valence-electron chi connectivity index (χ2n) is 2.05. The summed E-state index contributed by atoms with van der Waals surface area (Å²) in [5.74, 6) is 0. The third kappa shape index (κ3) is 0.991. The molecule has 8 heavy (non-hydrogen) atoms. The van der Waals surface area contributed by atoms with E-state index in [1.165, 1.54) is 0 Å². The van der Waals surface area contributed by atoms with Crippen LogP contribution in [0.15, 0.2) is 0 Å². The van der Waals surface area contributed by atoms with Gasteiger partial charge in [0.05, 0.1) is 18.1 Å². The van der Waals surface area contributed by atoms with Gasteiger partial charge in [0, 0.05) is 6.00 Å². The molecule has 1 aliphatic rings. The summed E-state index contributed by atoms with van der Waals surface area (Å²) in [5.41, 5.74) is 0. The quantitative estimate of drug-likeness (QED) is 0.338. The molecule has 1 fully saturated rings. The third-order valence-electron chi connectivity index (χ3n) is 1.35. The van der Waals surface area contributed by atoms with Gasteiger partial charge in [0.1, 0.15) is 7.85 Å². The lowest BCUT2D eigenvalue weighted by atomic mass is 9.96. The topological polar surface area (TPSA) is 29.5 Å². The van der Waals surface area contributed by atoms with Gasteiger partial charge in [0.2, 0.25) is 0 Å². The maximum atomic E-state index is 8.91. The number of ether oxygens (including phenoxy) is 1. The minimum Gasteiger partial charge on any atom is -0.389 e. The highest BCUT2D eigenvalue weighted by atomic mass is 35.5. The zero-order valence-corrected chi connectivity index (χ0v) is 5.43. The number of hydrogen-bond acceptors (Lipinski definition) is 2. The lowest BCUT2D eigenvalue weighted by Gasteiger charge is -2.05. The van der Waals surface area contributed by atoms with E-state index in [9.17, 15) is 0 Å². The van der Waals surface area contributed by atoms with Gasteiger partial charge in [-0.05, 0) is 0 Å². The van der Waals surface area contributed by atoms with E-state index in [-0.39, 0.29) is 11.4 Å². The molecule has 1 heterocycles. The molecule has 46 valence electrons. The lowest BCUT2D eigenvalue weighted by Crippen LogP contribution is -2.24. The molecule has 1 N–H and O–H groups in total. The van der Waals surface area contributed by atoms with Gasteiger partial charge in [0.15, 0.2) is 0 Å². The van der Waals surface area contributed by atoms with Crippen molar-refractivity contribution in [3.05, 3.63) is 0 Å². The van der Waals surface area contributed by atoms with Crippen molar-refractivity contribution in [2.75, 3.05) is 6.61 Å². The van der Waals surface area contributed by atoms with E-state index in [2.05, 4.69) is 0 Å². The smallest absolute Gasteiger partial charge is 0.141 e. The first kappa shape index (κ1) is 6.40. The standard InChI is InChI=1S/C4H8BClO2/c5-4-3(6)2(7)1-8-4/h2-4,7H,1,5H2/t2-,3-,4-/m1/s1. The van der Waals surface area contributed by atoms with Crippen LogP contribution in [0.2, 0.25) is 0 Å². The Morgan fingerprint density at radius 1 is 1.75 bits per heavy atom. The van der Waals surface area contributed by atoms with Gasteiger partial charge in [-0.3, -0.25) is 0 Å². The van der Waals surface area contributed by atoms with Gasteiger partial charge in [-0.15, -0.1) is 11.6 Å². The Kier molecular flexibility index (Phi) is 1.80. The third-order valence-corrected chi connectivity index (χ3v) is 1.99. The highest BCUT2D eigenvalue weighted by Crippen LogP contribution is 2.16. The number of aliphatic hydroxyl groups excluding tert-OH is 1. The summed E-state index contributed by atoms with van der Waals surface area (Å²) >= 11 is 5.64. The molecule has 0 aliphatic carbocycles. The van der Waals surface area contributed by atoms with Crippen LogP contribution < -0.4 is 0 Å². The molecule has 1 aliphatic heterocycles. The van der Waals surface area contributed by atoms with Gasteiger partial charge in [0.25, 0.3) is 0 Å². The maximum absolute atomic E-state index is 8.91. The molecule has 0 amide bonds. The van der Waals surface area contributed by atoms with Crippen molar-refractivity contribution in [1.29, 1.82) is 0 Å². The zero-order valence-electron chi connectivity index (χ0n) is 4.67. The molecule has 0 aromatic carbocycles. The molecular weight excluding hydrogens is 126 g/mol. The predicted octanol–water partition coefficient (Wildman–Crippen LogP) is -1.06. The second kappa shape index (κ2) is 2.25. The fraction of sp³-hybridized carbons (Fsp3) is 1.00. The fourth-order valence-corrected chi connectivity index (χ4v) is 0.893. The molecule has 3 atom stereocenters. The molecule has 2 nitrogen and oxygen atoms in total. The van der Waals surface area contributed by atoms with Gasteiger partial charge in [-0.1, -0.05) is 0 Å². The van der Waals surface area contributed by atoms with Crippen molar-refractivity contribution in [3.63, 3.8) is 0 Å². The number of hydrogen-bond donors (Lipinski definition) is 1. The number of halogens is 1. The van der Waals surface area contributed by atoms with Gasteiger partial charge < -0.3 is 9.84 Å². The van der Waals surface area contributed by atoms with Crippen LogP contribution >= 0.6 is 11.6 Å². The van der Waals surface area contributed by atoms with E-state index < -0.39 is 6.10 Å². The molecule has 0 bridgehead atoms. The monoisotopic (exact) mass is 134 g/mol. The van der Waals surface area contributed by atoms with Crippen LogP contribution in [0.3, 0.4) is 0 Å². The van der Waals surface area contributed by atoms with Crippen molar-refractivity contribution in [2.24, 2.45) is 0 Å². The summed E-state index contributed by atoms with van der Waals surface area (Å²) in [7, 11) is 1.86. The number of alkyl halides is 1. The van der Waals surface area contributed by atoms with Gasteiger partial charge in [-0.25, -0.2) is 0 Å². The molecule has 0 aromatic heterocycles. The van der Waals surface area contributed by atoms with Crippen molar-refractivity contribution in [3.8, 4) is 0 Å². The molecule has 0 aromatic rings. The van der Waals surface area contributed by atoms with Crippen LogP contribution in [0.25, 0.3) is 0 Å². The van der Waals surface area contributed by atoms with Crippen molar-refractivity contribution >= 4 is 19.4 Å². The van der Waals surface area contributed by atoms with E-state index in [1.54, 1.807) is 0 Å². The number of rotatable bonds is 0. The molecular formula is C4H8BClO2. The van der Waals surface area contributed by atoms with E-state index >= 15 is 0 Å². The molecule has 0 unspecified atom stereocenters. The summed E-state index contributed by atoms with van der Waals surface area (Å²) in [6.07, 6.45) is -0.466. The Labute approximate surface area is 54.2 Å². The molecule has 1 rings (SSSR count). The Bertz CT molecular complexity index is 80.1. The highest BCUT2D eigenvalue weighted by molar-refractivity contribution is 6.26. The van der Waals surface area contributed by atoms with Gasteiger partial charge in [-0.2, -0.15) is 0 Å². The Balaban J connectivity index is 2.44.